The summed E-state index contributed by atoms with van der Waals surface area (Å²) in [7, 11) is 0. The van der Waals surface area contributed by atoms with E-state index >= 15 is 0 Å². The molecule has 2 N–H and O–H groups in total. The molecule has 0 bridgehead atoms. The number of hydrogen-bond donors (Lipinski definition) is 1. The molecule has 0 aromatic heterocycles. The summed E-state index contributed by atoms with van der Waals surface area (Å²) in [5.41, 5.74) is 5.75. The Bertz CT molecular complexity index is 373. The molecule has 0 saturated heterocycles. The highest BCUT2D eigenvalue weighted by atomic mass is 19.1. The maximum Gasteiger partial charge on any atom is 0.262 e. The van der Waals surface area contributed by atoms with E-state index in [1.807, 2.05) is 0 Å². The van der Waals surface area contributed by atoms with Crippen molar-refractivity contribution in [3.8, 4) is 0 Å². The van der Waals surface area contributed by atoms with Gasteiger partial charge in [0.05, 0.1) is 6.04 Å². The molecule has 0 aliphatic carbocycles. The molecule has 0 saturated carbocycles. The van der Waals surface area contributed by atoms with Crippen molar-refractivity contribution in [3.05, 3.63) is 35.4 Å². The lowest BCUT2D eigenvalue weighted by molar-refractivity contribution is -0.118. The highest BCUT2D eigenvalue weighted by Crippen LogP contribution is 2.09. The van der Waals surface area contributed by atoms with Gasteiger partial charge < -0.3 is 5.73 Å². The monoisotopic (exact) mass is 212 g/mol. The van der Waals surface area contributed by atoms with Crippen molar-refractivity contribution in [3.63, 3.8) is 0 Å². The number of hydrogen-bond acceptors (Lipinski definition) is 2. The summed E-state index contributed by atoms with van der Waals surface area (Å²) in [6.07, 6.45) is 0.0343. The van der Waals surface area contributed by atoms with E-state index in [1.165, 1.54) is 0 Å². The normalized spacial score (nSPS) is 12.2. The average Bonchev–Trinajstić information content (AvgIpc) is 2.14. The van der Waals surface area contributed by atoms with Crippen molar-refractivity contribution >= 4 is 12.6 Å². The van der Waals surface area contributed by atoms with Crippen molar-refractivity contribution in [2.45, 2.75) is 12.5 Å². The van der Waals surface area contributed by atoms with Crippen LogP contribution in [-0.2, 0) is 11.2 Å². The highest BCUT2D eigenvalue weighted by Gasteiger charge is 2.13. The number of nitrogens with two attached hydrogens (primary N) is 1. The molecular weight excluding hydrogens is 202 g/mol. The van der Waals surface area contributed by atoms with Crippen LogP contribution in [0.1, 0.15) is 5.56 Å². The van der Waals surface area contributed by atoms with Crippen molar-refractivity contribution in [2.24, 2.45) is 10.7 Å². The van der Waals surface area contributed by atoms with Gasteiger partial charge in [-0.05, 0) is 30.8 Å². The van der Waals surface area contributed by atoms with Gasteiger partial charge in [-0.1, -0.05) is 0 Å². The molecule has 1 aromatic carbocycles. The Labute approximate surface area is 85.6 Å². The summed E-state index contributed by atoms with van der Waals surface area (Å²) in [6, 6.07) is 2.09. The Kier molecular flexibility index (Phi) is 3.62. The van der Waals surface area contributed by atoms with Crippen molar-refractivity contribution < 1.29 is 13.6 Å². The van der Waals surface area contributed by atoms with E-state index in [0.717, 1.165) is 18.2 Å². The molecule has 1 amide bonds. The first-order valence-corrected chi connectivity index (χ1v) is 4.24. The molecular formula is C10H10F2N2O. The minimum absolute atomic E-state index is 0.0343. The molecule has 0 aliphatic heterocycles. The smallest absolute Gasteiger partial charge is 0.262 e. The van der Waals surface area contributed by atoms with Crippen LogP contribution in [0.4, 0.5) is 8.78 Å². The molecule has 15 heavy (non-hydrogen) atoms. The SMILES string of the molecule is C=NC(=O)C(N)Cc1cc(F)cc(F)c1. The number of amides is 1. The van der Waals surface area contributed by atoms with E-state index in [9.17, 15) is 13.6 Å². The van der Waals surface area contributed by atoms with Crippen LogP contribution in [0.2, 0.25) is 0 Å². The summed E-state index contributed by atoms with van der Waals surface area (Å²) in [5.74, 6) is -1.99. The van der Waals surface area contributed by atoms with Crippen molar-refractivity contribution in [2.75, 3.05) is 0 Å². The van der Waals surface area contributed by atoms with Crippen LogP contribution in [0, 0.1) is 11.6 Å². The van der Waals surface area contributed by atoms with Gasteiger partial charge in [-0.25, -0.2) is 13.8 Å². The second-order valence-electron chi connectivity index (χ2n) is 3.08. The van der Waals surface area contributed by atoms with Crippen LogP contribution in [0.15, 0.2) is 23.2 Å². The molecule has 3 nitrogen and oxygen atoms in total. The Hall–Kier alpha value is -1.62. The van der Waals surface area contributed by atoms with Crippen molar-refractivity contribution in [1.29, 1.82) is 0 Å². The van der Waals surface area contributed by atoms with Crippen LogP contribution < -0.4 is 5.73 Å². The third-order valence-electron chi connectivity index (χ3n) is 1.85. The summed E-state index contributed by atoms with van der Waals surface area (Å²) in [4.78, 5) is 14.1. The number of halogens is 2. The van der Waals surface area contributed by atoms with Crippen LogP contribution in [0.3, 0.4) is 0 Å². The molecule has 0 fully saturated rings. The minimum Gasteiger partial charge on any atom is -0.320 e. The highest BCUT2D eigenvalue weighted by molar-refractivity contribution is 5.85. The summed E-state index contributed by atoms with van der Waals surface area (Å²) < 4.78 is 25.5. The maximum atomic E-state index is 12.8. The van der Waals surface area contributed by atoms with Gasteiger partial charge in [0.2, 0.25) is 0 Å². The lowest BCUT2D eigenvalue weighted by Gasteiger charge is -2.07. The Morgan fingerprint density at radius 2 is 1.93 bits per heavy atom. The predicted molar refractivity (Wildman–Crippen MR) is 52.6 cm³/mol. The Morgan fingerprint density at radius 3 is 2.40 bits per heavy atom. The van der Waals surface area contributed by atoms with Gasteiger partial charge in [-0.15, -0.1) is 0 Å². The van der Waals surface area contributed by atoms with Gasteiger partial charge in [-0.3, -0.25) is 4.79 Å². The lowest BCUT2D eigenvalue weighted by Crippen LogP contribution is -2.31. The third kappa shape index (κ3) is 3.21. The van der Waals surface area contributed by atoms with Crippen LogP contribution >= 0.6 is 0 Å². The maximum absolute atomic E-state index is 12.8. The second kappa shape index (κ2) is 4.75. The molecule has 0 radical (unpaired) electrons. The first-order chi connectivity index (χ1) is 7.02. The van der Waals surface area contributed by atoms with Gasteiger partial charge in [-0.2, -0.15) is 0 Å². The zero-order chi connectivity index (χ0) is 11.4. The van der Waals surface area contributed by atoms with Crippen molar-refractivity contribution in [1.82, 2.24) is 0 Å². The van der Waals surface area contributed by atoms with Crippen LogP contribution in [0.5, 0.6) is 0 Å². The number of carbonyl (C=O) groups is 1. The summed E-state index contributed by atoms with van der Waals surface area (Å²) in [6.45, 7) is 3.03. The van der Waals surface area contributed by atoms with Gasteiger partial charge in [0.15, 0.2) is 0 Å². The molecule has 5 heteroatoms. The van der Waals surface area contributed by atoms with Gasteiger partial charge in [0.25, 0.3) is 5.91 Å². The number of rotatable bonds is 3. The Balaban J connectivity index is 2.80. The predicted octanol–water partition coefficient (Wildman–Crippen LogP) is 1.06. The average molecular weight is 212 g/mol. The van der Waals surface area contributed by atoms with E-state index in [2.05, 4.69) is 11.7 Å². The summed E-state index contributed by atoms with van der Waals surface area (Å²) in [5, 5.41) is 0. The van der Waals surface area contributed by atoms with Gasteiger partial charge >= 0.3 is 0 Å². The molecule has 1 aromatic rings. The second-order valence-corrected chi connectivity index (χ2v) is 3.08. The fourth-order valence-corrected chi connectivity index (χ4v) is 1.19. The first kappa shape index (κ1) is 11.5. The van der Waals surface area contributed by atoms with E-state index in [4.69, 9.17) is 5.73 Å². The van der Waals surface area contributed by atoms with E-state index in [-0.39, 0.29) is 6.42 Å². The molecule has 0 spiro atoms. The fraction of sp³-hybridized carbons (Fsp3) is 0.200. The molecule has 0 heterocycles. The van der Waals surface area contributed by atoms with E-state index in [1.54, 1.807) is 0 Å². The first-order valence-electron chi connectivity index (χ1n) is 4.24. The minimum atomic E-state index is -0.913. The Morgan fingerprint density at radius 1 is 1.40 bits per heavy atom. The lowest BCUT2D eigenvalue weighted by atomic mass is 10.1. The largest absolute Gasteiger partial charge is 0.320 e. The molecule has 1 rings (SSSR count). The zero-order valence-corrected chi connectivity index (χ0v) is 7.91. The van der Waals surface area contributed by atoms with Gasteiger partial charge in [0, 0.05) is 6.07 Å². The van der Waals surface area contributed by atoms with E-state index in [0.29, 0.717) is 5.56 Å². The zero-order valence-electron chi connectivity index (χ0n) is 7.91. The molecule has 1 atom stereocenters. The molecule has 0 aliphatic rings. The fourth-order valence-electron chi connectivity index (χ4n) is 1.19. The number of aliphatic imine (C=N–C) groups is 1. The number of benzene rings is 1. The quantitative estimate of drug-likeness (QED) is 0.762. The summed E-state index contributed by atoms with van der Waals surface area (Å²) >= 11 is 0. The standard InChI is InChI=1S/C10H10F2N2O/c1-14-10(15)9(13)4-6-2-7(11)5-8(12)3-6/h2-3,5,9H,1,4,13H2. The van der Waals surface area contributed by atoms with Gasteiger partial charge in [0.1, 0.15) is 11.6 Å². The molecule has 80 valence electrons. The van der Waals surface area contributed by atoms with Crippen LogP contribution in [0.25, 0.3) is 0 Å². The third-order valence-corrected chi connectivity index (χ3v) is 1.85. The van der Waals surface area contributed by atoms with Crippen LogP contribution in [-0.4, -0.2) is 18.7 Å². The van der Waals surface area contributed by atoms with E-state index < -0.39 is 23.6 Å². The number of carbonyl (C=O) groups excluding carboxylic acids is 1. The topological polar surface area (TPSA) is 55.5 Å². The number of nitrogens with zero attached hydrogens (tertiary/aromatic N) is 1. The molecule has 1 unspecified atom stereocenters.